The highest BCUT2D eigenvalue weighted by molar-refractivity contribution is 6.35. The monoisotopic (exact) mass is 537 g/mol. The minimum Gasteiger partial charge on any atom is -0.471 e. The molecule has 0 saturated carbocycles. The largest absolute Gasteiger partial charge is 0.471 e. The molecule has 0 aliphatic carbocycles. The van der Waals surface area contributed by atoms with Crippen molar-refractivity contribution in [3.63, 3.8) is 0 Å². The number of nitrogens with one attached hydrogen (secondary N) is 1. The zero-order chi connectivity index (χ0) is 25.6. The summed E-state index contributed by atoms with van der Waals surface area (Å²) >= 11 is 12.5. The standard InChI is InChI=1S/C27H29Cl2N7O/c1-35-9-6-27(16-35)7-10-36(11-8-27)23-5-2-17(13-32-23)25-19-12-18(3-4-22(19)33-34-25)37-26(30)24-20(28)14-31-15-21(24)29/h2-5,12-15,26H,6-11,16,30H2,1H3,(H,33,34)/t26-/m0/s1. The number of hydrogen-bond donors (Lipinski definition) is 2. The van der Waals surface area contributed by atoms with Crippen molar-refractivity contribution in [3.8, 4) is 17.0 Å². The summed E-state index contributed by atoms with van der Waals surface area (Å²) in [6.45, 7) is 4.54. The normalized spacial score (nSPS) is 18.5. The van der Waals surface area contributed by atoms with E-state index >= 15 is 0 Å². The van der Waals surface area contributed by atoms with Gasteiger partial charge in [0.1, 0.15) is 17.3 Å². The van der Waals surface area contributed by atoms with Crippen LogP contribution >= 0.6 is 23.2 Å². The quantitative estimate of drug-likeness (QED) is 0.334. The average molecular weight is 538 g/mol. The maximum atomic E-state index is 6.27. The van der Waals surface area contributed by atoms with Crippen LogP contribution in [0.3, 0.4) is 0 Å². The van der Waals surface area contributed by atoms with Gasteiger partial charge in [0, 0.05) is 54.7 Å². The van der Waals surface area contributed by atoms with Crippen molar-refractivity contribution in [1.82, 2.24) is 25.1 Å². The number of benzene rings is 1. The smallest absolute Gasteiger partial charge is 0.177 e. The zero-order valence-electron chi connectivity index (χ0n) is 20.6. The first-order valence-electron chi connectivity index (χ1n) is 12.5. The van der Waals surface area contributed by atoms with E-state index in [4.69, 9.17) is 38.7 Å². The van der Waals surface area contributed by atoms with Crippen molar-refractivity contribution in [2.75, 3.05) is 38.1 Å². The SMILES string of the molecule is CN1CCC2(CCN(c3ccc(-c4n[nH]c5ccc(O[C@H](N)c6c(Cl)cncc6Cl)cc45)cn3)CC2)C1. The summed E-state index contributed by atoms with van der Waals surface area (Å²) in [4.78, 5) is 13.6. The van der Waals surface area contributed by atoms with E-state index in [1.807, 2.05) is 24.4 Å². The van der Waals surface area contributed by atoms with Gasteiger partial charge in [-0.15, -0.1) is 0 Å². The second kappa shape index (κ2) is 9.76. The lowest BCUT2D eigenvalue weighted by atomic mass is 9.78. The molecular formula is C27H29Cl2N7O. The predicted octanol–water partition coefficient (Wildman–Crippen LogP) is 5.29. The molecule has 5 heterocycles. The molecule has 0 unspecified atom stereocenters. The van der Waals surface area contributed by atoms with Crippen LogP contribution in [0.5, 0.6) is 5.75 Å². The van der Waals surface area contributed by atoms with Crippen LogP contribution in [0.15, 0.2) is 48.9 Å². The molecule has 0 radical (unpaired) electrons. The molecule has 2 aliphatic heterocycles. The van der Waals surface area contributed by atoms with E-state index < -0.39 is 6.23 Å². The maximum Gasteiger partial charge on any atom is 0.177 e. The number of halogens is 2. The molecule has 4 aromatic rings. The van der Waals surface area contributed by atoms with Crippen LogP contribution in [0.2, 0.25) is 10.0 Å². The van der Waals surface area contributed by atoms with E-state index in [1.165, 1.54) is 44.7 Å². The first-order chi connectivity index (χ1) is 17.9. The minimum absolute atomic E-state index is 0.357. The summed E-state index contributed by atoms with van der Waals surface area (Å²) in [6, 6.07) is 9.84. The number of piperidine rings is 1. The van der Waals surface area contributed by atoms with Gasteiger partial charge in [-0.2, -0.15) is 5.10 Å². The summed E-state index contributed by atoms with van der Waals surface area (Å²) in [5, 5.41) is 9.27. The lowest BCUT2D eigenvalue weighted by molar-refractivity contribution is 0.214. The van der Waals surface area contributed by atoms with Gasteiger partial charge in [0.05, 0.1) is 15.6 Å². The molecule has 10 heteroatoms. The van der Waals surface area contributed by atoms with Gasteiger partial charge in [0.25, 0.3) is 0 Å². The van der Waals surface area contributed by atoms with Crippen LogP contribution in [0.1, 0.15) is 31.1 Å². The fourth-order valence-electron chi connectivity index (χ4n) is 5.68. The molecule has 1 atom stereocenters. The van der Waals surface area contributed by atoms with Gasteiger partial charge in [0.2, 0.25) is 0 Å². The highest BCUT2D eigenvalue weighted by atomic mass is 35.5. The second-order valence-electron chi connectivity index (χ2n) is 10.2. The topological polar surface area (TPSA) is 96.2 Å². The Kier molecular flexibility index (Phi) is 6.44. The highest BCUT2D eigenvalue weighted by Gasteiger charge is 2.39. The number of hydrogen-bond acceptors (Lipinski definition) is 7. The molecule has 3 aromatic heterocycles. The van der Waals surface area contributed by atoms with Crippen molar-refractivity contribution in [2.45, 2.75) is 25.5 Å². The molecule has 1 aromatic carbocycles. The number of H-pyrrole nitrogens is 1. The summed E-state index contributed by atoms with van der Waals surface area (Å²) in [5.41, 5.74) is 9.89. The molecule has 6 rings (SSSR count). The van der Waals surface area contributed by atoms with Gasteiger partial charge in [-0.3, -0.25) is 15.8 Å². The number of fused-ring (bicyclic) bond motifs is 1. The van der Waals surface area contributed by atoms with Gasteiger partial charge in [-0.1, -0.05) is 23.2 Å². The van der Waals surface area contributed by atoms with E-state index in [-0.39, 0.29) is 0 Å². The Bertz CT molecular complexity index is 1400. The van der Waals surface area contributed by atoms with Crippen molar-refractivity contribution in [2.24, 2.45) is 11.1 Å². The third kappa shape index (κ3) is 4.75. The molecule has 2 fully saturated rings. The molecule has 2 aliphatic rings. The maximum absolute atomic E-state index is 6.27. The van der Waals surface area contributed by atoms with E-state index in [9.17, 15) is 0 Å². The van der Waals surface area contributed by atoms with E-state index in [0.717, 1.165) is 41.1 Å². The fraction of sp³-hybridized carbons (Fsp3) is 0.370. The number of nitrogens with zero attached hydrogens (tertiary/aromatic N) is 5. The Labute approximate surface area is 225 Å². The molecule has 192 valence electrons. The van der Waals surface area contributed by atoms with Crippen LogP contribution in [-0.4, -0.2) is 58.3 Å². The number of anilines is 1. The van der Waals surface area contributed by atoms with Crippen LogP contribution in [0.4, 0.5) is 5.82 Å². The Morgan fingerprint density at radius 3 is 2.46 bits per heavy atom. The Hall–Kier alpha value is -2.91. The molecule has 2 saturated heterocycles. The summed E-state index contributed by atoms with van der Waals surface area (Å²) in [6.07, 6.45) is 7.82. The van der Waals surface area contributed by atoms with Crippen molar-refractivity contribution in [3.05, 3.63) is 64.5 Å². The minimum atomic E-state index is -0.843. The van der Waals surface area contributed by atoms with Crippen molar-refractivity contribution < 1.29 is 4.74 Å². The number of aromatic amines is 1. The summed E-state index contributed by atoms with van der Waals surface area (Å²) < 4.78 is 5.99. The van der Waals surface area contributed by atoms with Gasteiger partial charge < -0.3 is 14.5 Å². The zero-order valence-corrected chi connectivity index (χ0v) is 22.1. The number of pyridine rings is 2. The number of rotatable bonds is 5. The van der Waals surface area contributed by atoms with Gasteiger partial charge >= 0.3 is 0 Å². The van der Waals surface area contributed by atoms with Gasteiger partial charge in [0.15, 0.2) is 6.23 Å². The first kappa shape index (κ1) is 24.4. The lowest BCUT2D eigenvalue weighted by Gasteiger charge is -2.39. The summed E-state index contributed by atoms with van der Waals surface area (Å²) in [5.74, 6) is 1.60. The molecule has 0 bridgehead atoms. The average Bonchev–Trinajstić information content (AvgIpc) is 3.47. The molecule has 37 heavy (non-hydrogen) atoms. The molecule has 0 amide bonds. The van der Waals surface area contributed by atoms with Crippen LogP contribution in [-0.2, 0) is 0 Å². The van der Waals surface area contributed by atoms with Gasteiger partial charge in [-0.05, 0) is 68.6 Å². The number of aromatic nitrogens is 4. The molecular weight excluding hydrogens is 509 g/mol. The van der Waals surface area contributed by atoms with Crippen LogP contribution in [0.25, 0.3) is 22.2 Å². The fourth-order valence-corrected chi connectivity index (χ4v) is 6.26. The van der Waals surface area contributed by atoms with E-state index in [0.29, 0.717) is 26.8 Å². The van der Waals surface area contributed by atoms with E-state index in [1.54, 1.807) is 0 Å². The number of ether oxygens (including phenoxy) is 1. The van der Waals surface area contributed by atoms with Crippen molar-refractivity contribution >= 4 is 39.9 Å². The van der Waals surface area contributed by atoms with Gasteiger partial charge in [-0.25, -0.2) is 4.98 Å². The summed E-state index contributed by atoms with van der Waals surface area (Å²) in [7, 11) is 2.23. The van der Waals surface area contributed by atoms with Crippen LogP contribution < -0.4 is 15.4 Å². The molecule has 3 N–H and O–H groups in total. The molecule has 1 spiro atoms. The lowest BCUT2D eigenvalue weighted by Crippen LogP contribution is -2.41. The van der Waals surface area contributed by atoms with E-state index in [2.05, 4.69) is 44.2 Å². The van der Waals surface area contributed by atoms with Crippen LogP contribution in [0, 0.1) is 5.41 Å². The molecule has 8 nitrogen and oxygen atoms in total. The van der Waals surface area contributed by atoms with Crippen molar-refractivity contribution in [1.29, 1.82) is 0 Å². The Balaban J connectivity index is 1.19. The third-order valence-electron chi connectivity index (χ3n) is 7.77. The number of likely N-dealkylation sites (tertiary alicyclic amines) is 1. The second-order valence-corrected chi connectivity index (χ2v) is 11.0. The number of nitrogens with two attached hydrogens (primary N) is 1. The Morgan fingerprint density at radius 2 is 1.78 bits per heavy atom. The Morgan fingerprint density at radius 1 is 1.03 bits per heavy atom. The highest BCUT2D eigenvalue weighted by Crippen LogP contribution is 2.41. The third-order valence-corrected chi connectivity index (χ3v) is 8.37. The first-order valence-corrected chi connectivity index (χ1v) is 13.3. The predicted molar refractivity (Wildman–Crippen MR) is 147 cm³/mol.